The molecule has 3 aromatic rings. The van der Waals surface area contributed by atoms with Crippen LogP contribution in [-0.2, 0) is 17.5 Å². The second kappa shape index (κ2) is 7.44. The molecule has 1 aromatic carbocycles. The normalized spacial score (nSPS) is 11.4. The molecule has 0 unspecified atom stereocenters. The molecule has 0 radical (unpaired) electrons. The minimum atomic E-state index is -4.54. The maximum Gasteiger partial charge on any atom is 0.433 e. The number of aryl methyl sites for hydroxylation is 1. The number of nitrogens with one attached hydrogen (secondary N) is 1. The van der Waals surface area contributed by atoms with Gasteiger partial charge in [0.15, 0.2) is 0 Å². The summed E-state index contributed by atoms with van der Waals surface area (Å²) in [5.74, 6) is -0.571. The number of nitrogens with two attached hydrogens (primary N) is 1. The Bertz CT molecular complexity index is 954. The van der Waals surface area contributed by atoms with Gasteiger partial charge in [0.25, 0.3) is 0 Å². The molecule has 0 spiro atoms. The summed E-state index contributed by atoms with van der Waals surface area (Å²) in [7, 11) is 0. The molecule has 7 nitrogen and oxygen atoms in total. The summed E-state index contributed by atoms with van der Waals surface area (Å²) >= 11 is 0. The number of primary amides is 1. The van der Waals surface area contributed by atoms with Crippen LogP contribution >= 0.6 is 0 Å². The fourth-order valence-electron chi connectivity index (χ4n) is 2.34. The molecule has 140 valence electrons. The molecule has 27 heavy (non-hydrogen) atoms. The molecule has 1 amide bonds. The Morgan fingerprint density at radius 1 is 1.22 bits per heavy atom. The van der Waals surface area contributed by atoms with Crippen molar-refractivity contribution >= 4 is 17.5 Å². The molecule has 3 N–H and O–H groups in total. The molecule has 0 aliphatic heterocycles. The molecule has 0 atom stereocenters. The number of carbonyl (C=O) groups is 1. The third kappa shape index (κ3) is 4.81. The van der Waals surface area contributed by atoms with E-state index in [9.17, 15) is 18.0 Å². The van der Waals surface area contributed by atoms with Gasteiger partial charge in [0.05, 0.1) is 6.20 Å². The lowest BCUT2D eigenvalue weighted by Crippen LogP contribution is -2.13. The van der Waals surface area contributed by atoms with Gasteiger partial charge < -0.3 is 11.1 Å². The molecule has 0 fully saturated rings. The molecule has 2 heterocycles. The quantitative estimate of drug-likeness (QED) is 0.689. The molecule has 10 heteroatoms. The minimum Gasteiger partial charge on any atom is -0.370 e. The number of carbonyl (C=O) groups excluding carboxylic acids is 1. The number of halogens is 3. The SMILES string of the molecule is NC(=O)CCn1cc(-c2cccc(Nc3nccc(C(F)(F)F)n3)c2)cn1. The van der Waals surface area contributed by atoms with E-state index in [-0.39, 0.29) is 12.4 Å². The van der Waals surface area contributed by atoms with Crippen molar-refractivity contribution in [2.75, 3.05) is 5.32 Å². The van der Waals surface area contributed by atoms with E-state index in [0.29, 0.717) is 12.2 Å². The summed E-state index contributed by atoms with van der Waals surface area (Å²) < 4.78 is 39.8. The van der Waals surface area contributed by atoms with E-state index >= 15 is 0 Å². The minimum absolute atomic E-state index is 0.154. The second-order valence-electron chi connectivity index (χ2n) is 5.68. The number of alkyl halides is 3. The lowest BCUT2D eigenvalue weighted by Gasteiger charge is -2.09. The zero-order chi connectivity index (χ0) is 19.4. The van der Waals surface area contributed by atoms with Gasteiger partial charge in [0.1, 0.15) is 5.69 Å². The van der Waals surface area contributed by atoms with Gasteiger partial charge in [-0.3, -0.25) is 9.48 Å². The summed E-state index contributed by atoms with van der Waals surface area (Å²) in [6.07, 6.45) is 0.0603. The summed E-state index contributed by atoms with van der Waals surface area (Å²) in [6, 6.07) is 7.80. The van der Waals surface area contributed by atoms with E-state index in [1.807, 2.05) is 6.07 Å². The number of amides is 1. The molecule has 3 rings (SSSR count). The molecule has 2 aromatic heterocycles. The maximum atomic E-state index is 12.8. The number of anilines is 2. The molecule has 0 saturated carbocycles. The Kier molecular flexibility index (Phi) is 5.06. The van der Waals surface area contributed by atoms with Crippen LogP contribution in [0.4, 0.5) is 24.8 Å². The fraction of sp³-hybridized carbons (Fsp3) is 0.176. The van der Waals surface area contributed by atoms with Crippen molar-refractivity contribution in [3.8, 4) is 11.1 Å². The van der Waals surface area contributed by atoms with Crippen LogP contribution in [0, 0.1) is 0 Å². The van der Waals surface area contributed by atoms with Crippen LogP contribution in [0.1, 0.15) is 12.1 Å². The van der Waals surface area contributed by atoms with Crippen LogP contribution in [0.5, 0.6) is 0 Å². The van der Waals surface area contributed by atoms with E-state index in [2.05, 4.69) is 20.4 Å². The zero-order valence-corrected chi connectivity index (χ0v) is 13.9. The van der Waals surface area contributed by atoms with Crippen molar-refractivity contribution in [2.45, 2.75) is 19.1 Å². The highest BCUT2D eigenvalue weighted by atomic mass is 19.4. The van der Waals surface area contributed by atoms with Gasteiger partial charge in [-0.1, -0.05) is 12.1 Å². The lowest BCUT2D eigenvalue weighted by atomic mass is 10.1. The zero-order valence-electron chi connectivity index (χ0n) is 13.9. The standard InChI is InChI=1S/C17H15F3N6O/c18-17(19,20)14-4-6-22-16(25-14)24-13-3-1-2-11(8-13)12-9-23-26(10-12)7-5-15(21)27/h1-4,6,8-10H,5,7H2,(H2,21,27)(H,22,24,25). The van der Waals surface area contributed by atoms with Crippen LogP contribution in [0.25, 0.3) is 11.1 Å². The topological polar surface area (TPSA) is 98.7 Å². The van der Waals surface area contributed by atoms with Crippen LogP contribution in [0.15, 0.2) is 48.9 Å². The average Bonchev–Trinajstić information content (AvgIpc) is 3.09. The first-order chi connectivity index (χ1) is 12.8. The summed E-state index contributed by atoms with van der Waals surface area (Å²) in [4.78, 5) is 18.1. The first kappa shape index (κ1) is 18.4. The highest BCUT2D eigenvalue weighted by Crippen LogP contribution is 2.28. The number of rotatable bonds is 6. The Morgan fingerprint density at radius 2 is 2.04 bits per heavy atom. The number of hydrogen-bond acceptors (Lipinski definition) is 5. The number of hydrogen-bond donors (Lipinski definition) is 2. The Balaban J connectivity index is 1.77. The van der Waals surface area contributed by atoms with Crippen molar-refractivity contribution in [1.82, 2.24) is 19.7 Å². The third-order valence-corrected chi connectivity index (χ3v) is 3.62. The van der Waals surface area contributed by atoms with Gasteiger partial charge in [0, 0.05) is 36.6 Å². The van der Waals surface area contributed by atoms with Gasteiger partial charge in [-0.2, -0.15) is 18.3 Å². The number of benzene rings is 1. The van der Waals surface area contributed by atoms with E-state index in [4.69, 9.17) is 5.73 Å². The third-order valence-electron chi connectivity index (χ3n) is 3.62. The van der Waals surface area contributed by atoms with Crippen molar-refractivity contribution in [1.29, 1.82) is 0 Å². The first-order valence-corrected chi connectivity index (χ1v) is 7.90. The van der Waals surface area contributed by atoms with Crippen molar-refractivity contribution in [3.05, 3.63) is 54.6 Å². The molecular formula is C17H15F3N6O. The molecular weight excluding hydrogens is 361 g/mol. The van der Waals surface area contributed by atoms with E-state index in [0.717, 1.165) is 23.4 Å². The van der Waals surface area contributed by atoms with Crippen LogP contribution in [-0.4, -0.2) is 25.7 Å². The molecule has 0 bridgehead atoms. The smallest absolute Gasteiger partial charge is 0.370 e. The largest absolute Gasteiger partial charge is 0.433 e. The van der Waals surface area contributed by atoms with Gasteiger partial charge in [-0.15, -0.1) is 0 Å². The Morgan fingerprint density at radius 3 is 2.78 bits per heavy atom. The van der Waals surface area contributed by atoms with Crippen molar-refractivity contribution in [3.63, 3.8) is 0 Å². The molecule has 0 saturated heterocycles. The molecule has 0 aliphatic rings. The fourth-order valence-corrected chi connectivity index (χ4v) is 2.34. The van der Waals surface area contributed by atoms with Gasteiger partial charge in [0.2, 0.25) is 11.9 Å². The summed E-state index contributed by atoms with van der Waals surface area (Å²) in [5, 5.41) is 6.92. The Hall–Kier alpha value is -3.43. The predicted octanol–water partition coefficient (Wildman–Crippen LogP) is 2.98. The maximum absolute atomic E-state index is 12.8. The van der Waals surface area contributed by atoms with E-state index < -0.39 is 17.8 Å². The van der Waals surface area contributed by atoms with Crippen LogP contribution < -0.4 is 11.1 Å². The summed E-state index contributed by atoms with van der Waals surface area (Å²) in [5.41, 5.74) is 6.20. The monoisotopic (exact) mass is 376 g/mol. The van der Waals surface area contributed by atoms with Crippen molar-refractivity contribution < 1.29 is 18.0 Å². The van der Waals surface area contributed by atoms with Crippen LogP contribution in [0.3, 0.4) is 0 Å². The predicted molar refractivity (Wildman–Crippen MR) is 91.8 cm³/mol. The number of nitrogens with zero attached hydrogens (tertiary/aromatic N) is 4. The van der Waals surface area contributed by atoms with Crippen molar-refractivity contribution in [2.24, 2.45) is 5.73 Å². The number of aromatic nitrogens is 4. The average molecular weight is 376 g/mol. The Labute approximate surface area is 152 Å². The van der Waals surface area contributed by atoms with Gasteiger partial charge in [-0.25, -0.2) is 9.97 Å². The summed E-state index contributed by atoms with van der Waals surface area (Å²) in [6.45, 7) is 0.366. The van der Waals surface area contributed by atoms with E-state index in [1.165, 1.54) is 0 Å². The van der Waals surface area contributed by atoms with Gasteiger partial charge in [-0.05, 0) is 23.8 Å². The first-order valence-electron chi connectivity index (χ1n) is 7.90. The highest BCUT2D eigenvalue weighted by molar-refractivity contribution is 5.73. The second-order valence-corrected chi connectivity index (χ2v) is 5.68. The highest BCUT2D eigenvalue weighted by Gasteiger charge is 2.32. The molecule has 0 aliphatic carbocycles. The van der Waals surface area contributed by atoms with E-state index in [1.54, 1.807) is 35.3 Å². The van der Waals surface area contributed by atoms with Gasteiger partial charge >= 0.3 is 6.18 Å². The lowest BCUT2D eigenvalue weighted by molar-refractivity contribution is -0.141. The van der Waals surface area contributed by atoms with Crippen LogP contribution in [0.2, 0.25) is 0 Å².